The van der Waals surface area contributed by atoms with Crippen molar-refractivity contribution in [3.05, 3.63) is 48.3 Å². The van der Waals surface area contributed by atoms with Crippen molar-refractivity contribution in [1.82, 2.24) is 9.88 Å². The summed E-state index contributed by atoms with van der Waals surface area (Å²) in [5.41, 5.74) is 3.65. The normalized spacial score (nSPS) is 17.2. The van der Waals surface area contributed by atoms with Gasteiger partial charge in [0.15, 0.2) is 0 Å². The van der Waals surface area contributed by atoms with Crippen LogP contribution in [0.4, 0.5) is 0 Å². The molecular formula is C19H24N2O. The molecule has 2 heterocycles. The number of pyridine rings is 1. The van der Waals surface area contributed by atoms with Gasteiger partial charge in [0.05, 0.1) is 13.3 Å². The molecule has 22 heavy (non-hydrogen) atoms. The van der Waals surface area contributed by atoms with E-state index in [0.29, 0.717) is 6.04 Å². The van der Waals surface area contributed by atoms with Gasteiger partial charge in [-0.2, -0.15) is 0 Å². The maximum atomic E-state index is 5.40. The minimum absolute atomic E-state index is 0.494. The minimum atomic E-state index is 0.494. The Kier molecular flexibility index (Phi) is 4.74. The molecule has 0 aliphatic carbocycles. The molecule has 0 radical (unpaired) electrons. The molecular weight excluding hydrogens is 272 g/mol. The largest absolute Gasteiger partial charge is 0.494 e. The number of methoxy groups -OCH3 is 1. The molecule has 1 saturated heterocycles. The number of nitrogens with zero attached hydrogens (tertiary/aromatic N) is 2. The SMILES string of the molecule is COc1cnccc1-c1ccc(C(C)N2CCCCC2)cc1. The van der Waals surface area contributed by atoms with Crippen molar-refractivity contribution in [1.29, 1.82) is 0 Å². The first-order valence-electron chi connectivity index (χ1n) is 8.12. The van der Waals surface area contributed by atoms with E-state index in [4.69, 9.17) is 4.74 Å². The molecule has 1 atom stereocenters. The van der Waals surface area contributed by atoms with E-state index in [2.05, 4.69) is 41.1 Å². The second-order valence-corrected chi connectivity index (χ2v) is 5.97. The molecule has 1 fully saturated rings. The number of piperidine rings is 1. The number of benzene rings is 1. The molecule has 1 aromatic heterocycles. The maximum Gasteiger partial charge on any atom is 0.144 e. The third-order valence-electron chi connectivity index (χ3n) is 4.65. The van der Waals surface area contributed by atoms with E-state index in [1.807, 2.05) is 12.3 Å². The fourth-order valence-electron chi connectivity index (χ4n) is 3.24. The third-order valence-corrected chi connectivity index (χ3v) is 4.65. The summed E-state index contributed by atoms with van der Waals surface area (Å²) in [5, 5.41) is 0. The van der Waals surface area contributed by atoms with Gasteiger partial charge in [0.25, 0.3) is 0 Å². The number of hydrogen-bond acceptors (Lipinski definition) is 3. The summed E-state index contributed by atoms with van der Waals surface area (Å²) >= 11 is 0. The second-order valence-electron chi connectivity index (χ2n) is 5.97. The zero-order chi connectivity index (χ0) is 15.4. The summed E-state index contributed by atoms with van der Waals surface area (Å²) in [6, 6.07) is 11.4. The number of aromatic nitrogens is 1. The molecule has 3 nitrogen and oxygen atoms in total. The molecule has 116 valence electrons. The summed E-state index contributed by atoms with van der Waals surface area (Å²) in [6.07, 6.45) is 7.61. The van der Waals surface area contributed by atoms with Crippen LogP contribution >= 0.6 is 0 Å². The quantitative estimate of drug-likeness (QED) is 0.841. The predicted octanol–water partition coefficient (Wildman–Crippen LogP) is 4.30. The van der Waals surface area contributed by atoms with Gasteiger partial charge in [-0.05, 0) is 50.0 Å². The lowest BCUT2D eigenvalue weighted by atomic mass is 9.99. The highest BCUT2D eigenvalue weighted by Gasteiger charge is 2.18. The molecule has 1 unspecified atom stereocenters. The highest BCUT2D eigenvalue weighted by molar-refractivity contribution is 5.69. The molecule has 1 aliphatic rings. The van der Waals surface area contributed by atoms with Crippen LogP contribution in [0, 0.1) is 0 Å². The number of ether oxygens (including phenoxy) is 1. The Balaban J connectivity index is 1.80. The van der Waals surface area contributed by atoms with Crippen molar-refractivity contribution < 1.29 is 4.74 Å². The van der Waals surface area contributed by atoms with Crippen molar-refractivity contribution in [2.24, 2.45) is 0 Å². The summed E-state index contributed by atoms with van der Waals surface area (Å²) in [4.78, 5) is 6.71. The van der Waals surface area contributed by atoms with Gasteiger partial charge in [0, 0.05) is 17.8 Å². The van der Waals surface area contributed by atoms with E-state index < -0.39 is 0 Å². The van der Waals surface area contributed by atoms with Crippen LogP contribution in [0.5, 0.6) is 5.75 Å². The molecule has 2 aromatic rings. The van der Waals surface area contributed by atoms with Crippen LogP contribution in [0.25, 0.3) is 11.1 Å². The molecule has 0 N–H and O–H groups in total. The van der Waals surface area contributed by atoms with Gasteiger partial charge in [-0.3, -0.25) is 9.88 Å². The average molecular weight is 296 g/mol. The zero-order valence-electron chi connectivity index (χ0n) is 13.5. The highest BCUT2D eigenvalue weighted by Crippen LogP contribution is 2.31. The first-order valence-corrected chi connectivity index (χ1v) is 8.12. The van der Waals surface area contributed by atoms with Crippen LogP contribution in [0.2, 0.25) is 0 Å². The lowest BCUT2D eigenvalue weighted by Gasteiger charge is -2.32. The van der Waals surface area contributed by atoms with Crippen molar-refractivity contribution >= 4 is 0 Å². The summed E-state index contributed by atoms with van der Waals surface area (Å²) in [6.45, 7) is 4.76. The highest BCUT2D eigenvalue weighted by atomic mass is 16.5. The van der Waals surface area contributed by atoms with E-state index >= 15 is 0 Å². The summed E-state index contributed by atoms with van der Waals surface area (Å²) < 4.78 is 5.40. The molecule has 0 saturated carbocycles. The van der Waals surface area contributed by atoms with Crippen LogP contribution < -0.4 is 4.74 Å². The Morgan fingerprint density at radius 1 is 1.05 bits per heavy atom. The van der Waals surface area contributed by atoms with Gasteiger partial charge in [0.2, 0.25) is 0 Å². The van der Waals surface area contributed by atoms with Gasteiger partial charge in [-0.25, -0.2) is 0 Å². The van der Waals surface area contributed by atoms with E-state index in [-0.39, 0.29) is 0 Å². The van der Waals surface area contributed by atoms with Crippen LogP contribution in [-0.2, 0) is 0 Å². The standard InChI is InChI=1S/C19H24N2O/c1-15(21-12-4-3-5-13-21)16-6-8-17(9-7-16)18-10-11-20-14-19(18)22-2/h6-11,14-15H,3-5,12-13H2,1-2H3. The third kappa shape index (κ3) is 3.14. The summed E-state index contributed by atoms with van der Waals surface area (Å²) in [5.74, 6) is 0.819. The lowest BCUT2D eigenvalue weighted by molar-refractivity contribution is 0.175. The van der Waals surface area contributed by atoms with Gasteiger partial charge < -0.3 is 4.74 Å². The van der Waals surface area contributed by atoms with Crippen LogP contribution in [0.15, 0.2) is 42.7 Å². The van der Waals surface area contributed by atoms with E-state index in [9.17, 15) is 0 Å². The molecule has 1 aliphatic heterocycles. The molecule has 0 amide bonds. The van der Waals surface area contributed by atoms with Gasteiger partial charge in [-0.1, -0.05) is 30.7 Å². The van der Waals surface area contributed by atoms with Gasteiger partial charge in [0.1, 0.15) is 5.75 Å². The Morgan fingerprint density at radius 3 is 2.45 bits per heavy atom. The first kappa shape index (κ1) is 15.0. The fraction of sp³-hybridized carbons (Fsp3) is 0.421. The maximum absolute atomic E-state index is 5.40. The van der Waals surface area contributed by atoms with Crippen molar-refractivity contribution in [2.75, 3.05) is 20.2 Å². The van der Waals surface area contributed by atoms with Crippen LogP contribution in [-0.4, -0.2) is 30.1 Å². The monoisotopic (exact) mass is 296 g/mol. The molecule has 1 aromatic carbocycles. The van der Waals surface area contributed by atoms with E-state index in [1.165, 1.54) is 43.5 Å². The van der Waals surface area contributed by atoms with Crippen LogP contribution in [0.1, 0.15) is 37.8 Å². The Morgan fingerprint density at radius 2 is 1.77 bits per heavy atom. The number of hydrogen-bond donors (Lipinski definition) is 0. The fourth-order valence-corrected chi connectivity index (χ4v) is 3.24. The van der Waals surface area contributed by atoms with Gasteiger partial charge >= 0.3 is 0 Å². The molecule has 0 spiro atoms. The first-order chi connectivity index (χ1) is 10.8. The molecule has 0 bridgehead atoms. The van der Waals surface area contributed by atoms with Crippen LogP contribution in [0.3, 0.4) is 0 Å². The second kappa shape index (κ2) is 6.93. The molecule has 3 heteroatoms. The Bertz CT molecular complexity index is 603. The zero-order valence-corrected chi connectivity index (χ0v) is 13.5. The Labute approximate surface area is 132 Å². The topological polar surface area (TPSA) is 25.4 Å². The van der Waals surface area contributed by atoms with Crippen molar-refractivity contribution in [3.63, 3.8) is 0 Å². The predicted molar refractivity (Wildman–Crippen MR) is 90.1 cm³/mol. The smallest absolute Gasteiger partial charge is 0.144 e. The van der Waals surface area contributed by atoms with Gasteiger partial charge in [-0.15, -0.1) is 0 Å². The number of likely N-dealkylation sites (tertiary alicyclic amines) is 1. The van der Waals surface area contributed by atoms with E-state index in [1.54, 1.807) is 13.3 Å². The lowest BCUT2D eigenvalue weighted by Crippen LogP contribution is -2.32. The summed E-state index contributed by atoms with van der Waals surface area (Å²) in [7, 11) is 1.69. The van der Waals surface area contributed by atoms with Crippen molar-refractivity contribution in [3.8, 4) is 16.9 Å². The average Bonchev–Trinajstić information content (AvgIpc) is 2.62. The van der Waals surface area contributed by atoms with Crippen molar-refractivity contribution in [2.45, 2.75) is 32.2 Å². The number of rotatable bonds is 4. The molecule has 3 rings (SSSR count). The minimum Gasteiger partial charge on any atom is -0.494 e. The Hall–Kier alpha value is -1.87. The van der Waals surface area contributed by atoms with E-state index in [0.717, 1.165) is 11.3 Å².